The van der Waals surface area contributed by atoms with E-state index in [-0.39, 0.29) is 0 Å². The number of hydrogen-bond acceptors (Lipinski definition) is 2. The standard InChI is InChI=1S/C11H21NO2/c1-4-5-6-7-8-12-10(3)9(2)11(13)14/h9H,4-8H2,1-3H3,(H,13,14). The molecule has 1 atom stereocenters. The minimum absolute atomic E-state index is 0.443. The summed E-state index contributed by atoms with van der Waals surface area (Å²) in [6.07, 6.45) is 4.71. The molecule has 0 saturated heterocycles. The monoisotopic (exact) mass is 199 g/mol. The molecule has 0 aliphatic carbocycles. The molecule has 3 nitrogen and oxygen atoms in total. The molecular formula is C11H21NO2. The van der Waals surface area contributed by atoms with E-state index < -0.39 is 11.9 Å². The molecule has 0 aromatic carbocycles. The second-order valence-electron chi connectivity index (χ2n) is 3.64. The molecule has 1 N–H and O–H groups in total. The summed E-state index contributed by atoms with van der Waals surface area (Å²) in [6.45, 7) is 6.40. The Morgan fingerprint density at radius 2 is 2.00 bits per heavy atom. The van der Waals surface area contributed by atoms with Crippen molar-refractivity contribution < 1.29 is 9.90 Å². The number of hydrogen-bond donors (Lipinski definition) is 1. The third-order valence-corrected chi connectivity index (χ3v) is 2.37. The van der Waals surface area contributed by atoms with Crippen LogP contribution in [0.15, 0.2) is 4.99 Å². The maximum Gasteiger partial charge on any atom is 0.311 e. The number of aliphatic imine (C=N–C) groups is 1. The van der Waals surface area contributed by atoms with Gasteiger partial charge in [0.15, 0.2) is 0 Å². The average Bonchev–Trinajstić information content (AvgIpc) is 2.16. The number of carbonyl (C=O) groups is 1. The number of unbranched alkanes of at least 4 members (excludes halogenated alkanes) is 3. The minimum Gasteiger partial charge on any atom is -0.481 e. The third-order valence-electron chi connectivity index (χ3n) is 2.37. The summed E-state index contributed by atoms with van der Waals surface area (Å²) < 4.78 is 0. The van der Waals surface area contributed by atoms with Crippen LogP contribution in [-0.2, 0) is 4.79 Å². The van der Waals surface area contributed by atoms with Crippen LogP contribution in [-0.4, -0.2) is 23.3 Å². The first-order chi connectivity index (χ1) is 6.59. The van der Waals surface area contributed by atoms with Crippen molar-refractivity contribution in [1.82, 2.24) is 0 Å². The molecule has 3 heteroatoms. The Balaban J connectivity index is 3.71. The molecule has 82 valence electrons. The predicted octanol–water partition coefficient (Wildman–Crippen LogP) is 2.75. The van der Waals surface area contributed by atoms with Gasteiger partial charge in [-0.2, -0.15) is 0 Å². The summed E-state index contributed by atoms with van der Waals surface area (Å²) in [5.41, 5.74) is 0.731. The van der Waals surface area contributed by atoms with Gasteiger partial charge in [-0.1, -0.05) is 26.2 Å². The van der Waals surface area contributed by atoms with Crippen LogP contribution in [0.5, 0.6) is 0 Å². The van der Waals surface area contributed by atoms with Crippen LogP contribution in [0, 0.1) is 5.92 Å². The summed E-state index contributed by atoms with van der Waals surface area (Å²) in [6, 6.07) is 0. The fourth-order valence-corrected chi connectivity index (χ4v) is 1.11. The summed E-state index contributed by atoms with van der Waals surface area (Å²) in [4.78, 5) is 14.8. The van der Waals surface area contributed by atoms with Crippen molar-refractivity contribution in [3.8, 4) is 0 Å². The van der Waals surface area contributed by atoms with Gasteiger partial charge in [0.1, 0.15) is 0 Å². The van der Waals surface area contributed by atoms with Crippen LogP contribution in [0.3, 0.4) is 0 Å². The maximum absolute atomic E-state index is 10.6. The molecule has 0 amide bonds. The van der Waals surface area contributed by atoms with Gasteiger partial charge in [0.2, 0.25) is 0 Å². The molecule has 14 heavy (non-hydrogen) atoms. The fourth-order valence-electron chi connectivity index (χ4n) is 1.11. The van der Waals surface area contributed by atoms with Crippen molar-refractivity contribution in [2.75, 3.05) is 6.54 Å². The zero-order valence-electron chi connectivity index (χ0n) is 9.42. The lowest BCUT2D eigenvalue weighted by Crippen LogP contribution is -2.18. The van der Waals surface area contributed by atoms with Gasteiger partial charge in [-0.25, -0.2) is 0 Å². The van der Waals surface area contributed by atoms with Crippen molar-refractivity contribution >= 4 is 11.7 Å². The summed E-state index contributed by atoms with van der Waals surface area (Å²) in [5.74, 6) is -1.24. The minimum atomic E-state index is -0.792. The molecule has 0 aromatic heterocycles. The van der Waals surface area contributed by atoms with Crippen molar-refractivity contribution in [2.45, 2.75) is 46.5 Å². The van der Waals surface area contributed by atoms with Crippen molar-refractivity contribution in [3.05, 3.63) is 0 Å². The number of carboxylic acid groups (broad SMARTS) is 1. The average molecular weight is 199 g/mol. The Kier molecular flexibility index (Phi) is 7.07. The van der Waals surface area contributed by atoms with E-state index >= 15 is 0 Å². The Morgan fingerprint density at radius 1 is 1.36 bits per heavy atom. The second-order valence-corrected chi connectivity index (χ2v) is 3.64. The van der Waals surface area contributed by atoms with Crippen LogP contribution in [0.25, 0.3) is 0 Å². The van der Waals surface area contributed by atoms with E-state index in [9.17, 15) is 4.79 Å². The van der Waals surface area contributed by atoms with E-state index in [0.717, 1.165) is 18.7 Å². The van der Waals surface area contributed by atoms with E-state index in [1.54, 1.807) is 13.8 Å². The van der Waals surface area contributed by atoms with Crippen molar-refractivity contribution in [2.24, 2.45) is 10.9 Å². The predicted molar refractivity (Wildman–Crippen MR) is 58.9 cm³/mol. The highest BCUT2D eigenvalue weighted by Gasteiger charge is 2.13. The van der Waals surface area contributed by atoms with Crippen molar-refractivity contribution in [1.29, 1.82) is 0 Å². The van der Waals surface area contributed by atoms with Gasteiger partial charge in [0.25, 0.3) is 0 Å². The Morgan fingerprint density at radius 3 is 2.50 bits per heavy atom. The van der Waals surface area contributed by atoms with Gasteiger partial charge in [-0.3, -0.25) is 9.79 Å². The van der Waals surface area contributed by atoms with Gasteiger partial charge >= 0.3 is 5.97 Å². The Bertz CT molecular complexity index is 199. The molecule has 0 aromatic rings. The molecule has 0 rings (SSSR count). The molecule has 0 aliphatic rings. The number of rotatable bonds is 7. The SMILES string of the molecule is CCCCCCN=C(C)C(C)C(=O)O. The third kappa shape index (κ3) is 5.73. The van der Waals surface area contributed by atoms with E-state index in [0.29, 0.717) is 0 Å². The quantitative estimate of drug-likeness (QED) is 0.506. The van der Waals surface area contributed by atoms with E-state index in [1.165, 1.54) is 19.3 Å². The Hall–Kier alpha value is -0.860. The van der Waals surface area contributed by atoms with Crippen LogP contribution < -0.4 is 0 Å². The largest absolute Gasteiger partial charge is 0.481 e. The molecule has 0 bridgehead atoms. The normalized spacial score (nSPS) is 14.1. The smallest absolute Gasteiger partial charge is 0.311 e. The van der Waals surface area contributed by atoms with Crippen LogP contribution in [0.2, 0.25) is 0 Å². The van der Waals surface area contributed by atoms with Gasteiger partial charge in [0.05, 0.1) is 5.92 Å². The first-order valence-electron chi connectivity index (χ1n) is 5.33. The first kappa shape index (κ1) is 13.1. The van der Waals surface area contributed by atoms with Gasteiger partial charge in [-0.15, -0.1) is 0 Å². The van der Waals surface area contributed by atoms with Gasteiger partial charge in [0, 0.05) is 12.3 Å². The lowest BCUT2D eigenvalue weighted by molar-refractivity contribution is -0.138. The molecule has 0 saturated carbocycles. The van der Waals surface area contributed by atoms with Crippen LogP contribution >= 0.6 is 0 Å². The number of aliphatic carboxylic acids is 1. The molecule has 0 spiro atoms. The van der Waals surface area contributed by atoms with Crippen LogP contribution in [0.4, 0.5) is 0 Å². The van der Waals surface area contributed by atoms with E-state index in [4.69, 9.17) is 5.11 Å². The highest BCUT2D eigenvalue weighted by Crippen LogP contribution is 2.02. The summed E-state index contributed by atoms with van der Waals surface area (Å²) in [5, 5.41) is 8.71. The fraction of sp³-hybridized carbons (Fsp3) is 0.818. The number of carboxylic acids is 1. The summed E-state index contributed by atoms with van der Waals surface area (Å²) >= 11 is 0. The first-order valence-corrected chi connectivity index (χ1v) is 5.33. The molecule has 0 heterocycles. The molecule has 1 unspecified atom stereocenters. The zero-order chi connectivity index (χ0) is 11.0. The highest BCUT2D eigenvalue weighted by molar-refractivity contribution is 5.99. The topological polar surface area (TPSA) is 49.7 Å². The zero-order valence-corrected chi connectivity index (χ0v) is 9.42. The highest BCUT2D eigenvalue weighted by atomic mass is 16.4. The molecular weight excluding hydrogens is 178 g/mol. The summed E-state index contributed by atoms with van der Waals surface area (Å²) in [7, 11) is 0. The molecule has 0 aliphatic heterocycles. The maximum atomic E-state index is 10.6. The van der Waals surface area contributed by atoms with E-state index in [1.807, 2.05) is 0 Å². The molecule has 0 radical (unpaired) electrons. The molecule has 0 fully saturated rings. The van der Waals surface area contributed by atoms with Gasteiger partial charge in [-0.05, 0) is 20.3 Å². The van der Waals surface area contributed by atoms with Gasteiger partial charge < -0.3 is 5.11 Å². The van der Waals surface area contributed by atoms with Crippen LogP contribution in [0.1, 0.15) is 46.5 Å². The van der Waals surface area contributed by atoms with Crippen molar-refractivity contribution in [3.63, 3.8) is 0 Å². The lowest BCUT2D eigenvalue weighted by atomic mass is 10.1. The lowest BCUT2D eigenvalue weighted by Gasteiger charge is -2.05. The second kappa shape index (κ2) is 7.54. The van der Waals surface area contributed by atoms with E-state index in [2.05, 4.69) is 11.9 Å². The number of nitrogens with zero attached hydrogens (tertiary/aromatic N) is 1. The Labute approximate surface area is 86.2 Å².